The highest BCUT2D eigenvalue weighted by atomic mass is 16.5. The molecule has 0 saturated heterocycles. The van der Waals surface area contributed by atoms with E-state index in [4.69, 9.17) is 4.74 Å². The van der Waals surface area contributed by atoms with Crippen LogP contribution in [-0.2, 0) is 9.53 Å². The Morgan fingerprint density at radius 3 is 2.79 bits per heavy atom. The van der Waals surface area contributed by atoms with E-state index in [0.717, 1.165) is 37.0 Å². The minimum atomic E-state index is 0.421. The molecule has 2 saturated carbocycles. The topological polar surface area (TPSA) is 26.3 Å². The normalized spacial score (nSPS) is 33.4. The zero-order valence-corrected chi connectivity index (χ0v) is 12.9. The van der Waals surface area contributed by atoms with E-state index in [9.17, 15) is 4.79 Å². The van der Waals surface area contributed by atoms with Gasteiger partial charge in [-0.1, -0.05) is 26.7 Å². The molecule has 2 heteroatoms. The third-order valence-electron chi connectivity index (χ3n) is 5.65. The Labute approximate surface area is 118 Å². The van der Waals surface area contributed by atoms with Crippen LogP contribution in [0.15, 0.2) is 0 Å². The second-order valence-electron chi connectivity index (χ2n) is 6.80. The largest absolute Gasteiger partial charge is 0.381 e. The molecule has 0 aromatic heterocycles. The van der Waals surface area contributed by atoms with Gasteiger partial charge in [0.15, 0.2) is 0 Å². The Kier molecular flexibility index (Phi) is 5.44. The van der Waals surface area contributed by atoms with Gasteiger partial charge in [-0.25, -0.2) is 0 Å². The van der Waals surface area contributed by atoms with E-state index in [2.05, 4.69) is 13.8 Å². The number of hydrogen-bond acceptors (Lipinski definition) is 2. The maximum absolute atomic E-state index is 11.5. The number of Topliss-reactive ketones (excluding diaryl/α,β-unsaturated/α-hetero) is 1. The summed E-state index contributed by atoms with van der Waals surface area (Å²) in [6, 6.07) is 0. The Bertz CT molecular complexity index is 296. The summed E-state index contributed by atoms with van der Waals surface area (Å²) < 4.78 is 5.52. The van der Waals surface area contributed by atoms with Crippen molar-refractivity contribution in [2.75, 3.05) is 7.11 Å². The number of hydrogen-bond donors (Lipinski definition) is 0. The van der Waals surface area contributed by atoms with Crippen molar-refractivity contribution in [1.82, 2.24) is 0 Å². The first kappa shape index (κ1) is 15.0. The predicted octanol–water partition coefficient (Wildman–Crippen LogP) is 4.22. The first-order valence-corrected chi connectivity index (χ1v) is 8.20. The molecule has 0 radical (unpaired) electrons. The van der Waals surface area contributed by atoms with Crippen LogP contribution in [0.25, 0.3) is 0 Å². The zero-order valence-electron chi connectivity index (χ0n) is 12.9. The van der Waals surface area contributed by atoms with Crippen molar-refractivity contribution in [1.29, 1.82) is 0 Å². The van der Waals surface area contributed by atoms with Gasteiger partial charge in [0.05, 0.1) is 6.10 Å². The summed E-state index contributed by atoms with van der Waals surface area (Å²) in [5, 5.41) is 0. The van der Waals surface area contributed by atoms with Gasteiger partial charge in [0, 0.05) is 20.0 Å². The Morgan fingerprint density at radius 1 is 1.32 bits per heavy atom. The van der Waals surface area contributed by atoms with E-state index in [0.29, 0.717) is 17.8 Å². The highest BCUT2D eigenvalue weighted by Gasteiger charge is 2.42. The fourth-order valence-corrected chi connectivity index (χ4v) is 4.51. The lowest BCUT2D eigenvalue weighted by molar-refractivity contribution is -0.118. The molecule has 2 aliphatic carbocycles. The highest BCUT2D eigenvalue weighted by molar-refractivity contribution is 5.81. The van der Waals surface area contributed by atoms with Gasteiger partial charge in [0.2, 0.25) is 0 Å². The molecule has 2 nitrogen and oxygen atoms in total. The fourth-order valence-electron chi connectivity index (χ4n) is 4.51. The maximum Gasteiger partial charge on any atom is 0.133 e. The summed E-state index contributed by atoms with van der Waals surface area (Å²) in [6.45, 7) is 4.52. The first-order valence-electron chi connectivity index (χ1n) is 8.20. The summed E-state index contributed by atoms with van der Waals surface area (Å²) in [6.07, 6.45) is 9.91. The van der Waals surface area contributed by atoms with E-state index in [-0.39, 0.29) is 0 Å². The minimum absolute atomic E-state index is 0.421. The van der Waals surface area contributed by atoms with Crippen molar-refractivity contribution in [3.8, 4) is 0 Å². The predicted molar refractivity (Wildman–Crippen MR) is 78.0 cm³/mol. The molecule has 0 aliphatic heterocycles. The number of rotatable bonds is 7. The van der Waals surface area contributed by atoms with Gasteiger partial charge in [0.1, 0.15) is 5.78 Å². The number of ketones is 1. The molecule has 0 bridgehead atoms. The Hall–Kier alpha value is -0.370. The van der Waals surface area contributed by atoms with Gasteiger partial charge in [-0.2, -0.15) is 0 Å². The molecule has 2 fully saturated rings. The lowest BCUT2D eigenvalue weighted by atomic mass is 9.86. The second kappa shape index (κ2) is 6.88. The molecule has 0 aromatic rings. The summed E-state index contributed by atoms with van der Waals surface area (Å²) in [4.78, 5) is 11.5. The monoisotopic (exact) mass is 266 g/mol. The fraction of sp³-hybridized carbons (Fsp3) is 0.941. The molecule has 19 heavy (non-hydrogen) atoms. The number of methoxy groups -OCH3 is 1. The van der Waals surface area contributed by atoms with Gasteiger partial charge in [-0.05, 0) is 49.4 Å². The molecule has 2 aliphatic rings. The van der Waals surface area contributed by atoms with Crippen LogP contribution in [0.1, 0.15) is 65.2 Å². The lowest BCUT2D eigenvalue weighted by Gasteiger charge is -2.23. The van der Waals surface area contributed by atoms with Crippen LogP contribution in [0.5, 0.6) is 0 Å². The van der Waals surface area contributed by atoms with E-state index in [1.807, 2.05) is 7.11 Å². The van der Waals surface area contributed by atoms with E-state index < -0.39 is 0 Å². The highest BCUT2D eigenvalue weighted by Crippen LogP contribution is 2.48. The van der Waals surface area contributed by atoms with Crippen molar-refractivity contribution >= 4 is 5.78 Å². The minimum Gasteiger partial charge on any atom is -0.381 e. The quantitative estimate of drug-likeness (QED) is 0.689. The number of carbonyl (C=O) groups excluding carboxylic acids is 1. The van der Waals surface area contributed by atoms with E-state index >= 15 is 0 Å². The smallest absolute Gasteiger partial charge is 0.133 e. The molecule has 5 atom stereocenters. The van der Waals surface area contributed by atoms with Gasteiger partial charge in [0.25, 0.3) is 0 Å². The lowest BCUT2D eigenvalue weighted by Crippen LogP contribution is -2.19. The van der Waals surface area contributed by atoms with Gasteiger partial charge in [-0.3, -0.25) is 4.79 Å². The molecular weight excluding hydrogens is 236 g/mol. The van der Waals surface area contributed by atoms with Crippen molar-refractivity contribution in [2.24, 2.45) is 23.7 Å². The number of fused-ring (bicyclic) bond motifs is 1. The molecule has 0 heterocycles. The average molecular weight is 266 g/mol. The molecule has 0 N–H and O–H groups in total. The van der Waals surface area contributed by atoms with Crippen LogP contribution in [0.4, 0.5) is 0 Å². The van der Waals surface area contributed by atoms with Crippen molar-refractivity contribution < 1.29 is 9.53 Å². The Morgan fingerprint density at radius 2 is 2.11 bits per heavy atom. The number of carbonyl (C=O) groups is 1. The third kappa shape index (κ3) is 3.59. The van der Waals surface area contributed by atoms with E-state index in [1.165, 1.54) is 32.1 Å². The Balaban J connectivity index is 1.70. The first-order chi connectivity index (χ1) is 9.15. The molecule has 0 spiro atoms. The second-order valence-corrected chi connectivity index (χ2v) is 6.80. The SMILES string of the molecule is CCC(OC)C(C)CCCC1CCC2CC(=O)CC12. The summed E-state index contributed by atoms with van der Waals surface area (Å²) in [5.41, 5.74) is 0. The molecular formula is C17H30O2. The molecule has 5 unspecified atom stereocenters. The van der Waals surface area contributed by atoms with Gasteiger partial charge >= 0.3 is 0 Å². The van der Waals surface area contributed by atoms with Gasteiger partial charge in [-0.15, -0.1) is 0 Å². The number of ether oxygens (including phenoxy) is 1. The van der Waals surface area contributed by atoms with E-state index in [1.54, 1.807) is 0 Å². The van der Waals surface area contributed by atoms with Crippen molar-refractivity contribution in [3.63, 3.8) is 0 Å². The third-order valence-corrected chi connectivity index (χ3v) is 5.65. The maximum atomic E-state index is 11.5. The van der Waals surface area contributed by atoms with Crippen LogP contribution in [0.2, 0.25) is 0 Å². The van der Waals surface area contributed by atoms with Gasteiger partial charge < -0.3 is 4.74 Å². The van der Waals surface area contributed by atoms with Crippen LogP contribution in [-0.4, -0.2) is 19.0 Å². The van der Waals surface area contributed by atoms with Crippen molar-refractivity contribution in [2.45, 2.75) is 71.3 Å². The van der Waals surface area contributed by atoms with Crippen molar-refractivity contribution in [3.05, 3.63) is 0 Å². The summed E-state index contributed by atoms with van der Waals surface area (Å²) in [7, 11) is 1.83. The van der Waals surface area contributed by atoms with Crippen LogP contribution < -0.4 is 0 Å². The molecule has 110 valence electrons. The molecule has 0 amide bonds. The molecule has 0 aromatic carbocycles. The van der Waals surface area contributed by atoms with Crippen LogP contribution in [0, 0.1) is 23.7 Å². The molecule has 2 rings (SSSR count). The van der Waals surface area contributed by atoms with Crippen LogP contribution >= 0.6 is 0 Å². The average Bonchev–Trinajstić information content (AvgIpc) is 2.91. The standard InChI is InChI=1S/C17H30O2/c1-4-17(19-3)12(2)6-5-7-13-8-9-14-10-15(18)11-16(13)14/h12-14,16-17H,4-11H2,1-3H3. The summed E-state index contributed by atoms with van der Waals surface area (Å²) >= 11 is 0. The zero-order chi connectivity index (χ0) is 13.8. The van der Waals surface area contributed by atoms with Crippen LogP contribution in [0.3, 0.4) is 0 Å². The summed E-state index contributed by atoms with van der Waals surface area (Å²) in [5.74, 6) is 3.52.